The van der Waals surface area contributed by atoms with E-state index in [-0.39, 0.29) is 12.5 Å². The number of hydrogen-bond acceptors (Lipinski definition) is 5. The molecule has 1 aliphatic rings. The van der Waals surface area contributed by atoms with Gasteiger partial charge in [-0.3, -0.25) is 9.59 Å². The van der Waals surface area contributed by atoms with Crippen LogP contribution in [0.1, 0.15) is 34.8 Å². The number of esters is 1. The lowest BCUT2D eigenvalue weighted by Crippen LogP contribution is -2.30. The quantitative estimate of drug-likeness (QED) is 0.854. The first kappa shape index (κ1) is 13.4. The number of amides is 1. The van der Waals surface area contributed by atoms with Crippen LogP contribution in [0.25, 0.3) is 11.1 Å². The van der Waals surface area contributed by atoms with Gasteiger partial charge in [0, 0.05) is 12.5 Å². The molecule has 0 saturated heterocycles. The zero-order valence-corrected chi connectivity index (χ0v) is 11.7. The van der Waals surface area contributed by atoms with E-state index in [1.54, 1.807) is 12.1 Å². The first-order valence-corrected chi connectivity index (χ1v) is 6.57. The number of aryl methyl sites for hydroxylation is 1. The third kappa shape index (κ3) is 2.29. The summed E-state index contributed by atoms with van der Waals surface area (Å²) in [6.07, 6.45) is 0. The molecule has 3 rings (SSSR count). The van der Waals surface area contributed by atoms with Crippen molar-refractivity contribution in [2.24, 2.45) is 0 Å². The Balaban J connectivity index is 2.11. The minimum Gasteiger partial charge on any atom is -0.463 e. The first-order chi connectivity index (χ1) is 10.1. The minimum absolute atomic E-state index is 0.0106. The summed E-state index contributed by atoms with van der Waals surface area (Å²) in [5, 5.41) is 6.78. The van der Waals surface area contributed by atoms with Crippen LogP contribution in [0.15, 0.2) is 28.8 Å². The number of nitrogens with zero attached hydrogens (tertiary/aromatic N) is 1. The van der Waals surface area contributed by atoms with Gasteiger partial charge >= 0.3 is 5.97 Å². The van der Waals surface area contributed by atoms with Crippen LogP contribution in [0.4, 0.5) is 0 Å². The summed E-state index contributed by atoms with van der Waals surface area (Å²) in [6, 6.07) is 6.70. The van der Waals surface area contributed by atoms with Gasteiger partial charge in [-0.15, -0.1) is 0 Å². The molecule has 0 spiro atoms. The van der Waals surface area contributed by atoms with Crippen molar-refractivity contribution in [1.29, 1.82) is 0 Å². The Kier molecular flexibility index (Phi) is 3.21. The molecule has 108 valence electrons. The molecule has 0 fully saturated rings. The lowest BCUT2D eigenvalue weighted by molar-refractivity contribution is -0.141. The number of hydrogen-bond donors (Lipinski definition) is 1. The Morgan fingerprint density at radius 2 is 2.10 bits per heavy atom. The maximum atomic E-state index is 12.3. The molecule has 1 atom stereocenters. The number of carbonyl (C=O) groups excluding carboxylic acids is 2. The Morgan fingerprint density at radius 3 is 2.81 bits per heavy atom. The number of carbonyl (C=O) groups is 2. The molecular formula is C15H14N2O4. The summed E-state index contributed by atoms with van der Waals surface area (Å²) in [5.74, 6) is -0.135. The SMILES string of the molecule is CC(=O)OC[C@@H]1NC(=O)c2ccccc2-c2c(C)noc21. The van der Waals surface area contributed by atoms with Crippen LogP contribution in [0.3, 0.4) is 0 Å². The van der Waals surface area contributed by atoms with E-state index in [2.05, 4.69) is 10.5 Å². The predicted molar refractivity (Wildman–Crippen MR) is 73.5 cm³/mol. The molecule has 2 heterocycles. The van der Waals surface area contributed by atoms with Crippen LogP contribution < -0.4 is 5.32 Å². The van der Waals surface area contributed by atoms with Crippen molar-refractivity contribution in [1.82, 2.24) is 10.5 Å². The normalized spacial score (nSPS) is 16.5. The van der Waals surface area contributed by atoms with Gasteiger partial charge in [0.05, 0.1) is 11.3 Å². The topological polar surface area (TPSA) is 81.4 Å². The maximum absolute atomic E-state index is 12.3. The van der Waals surface area contributed by atoms with Gasteiger partial charge in [0.15, 0.2) is 5.76 Å². The summed E-state index contributed by atoms with van der Waals surface area (Å²) < 4.78 is 10.4. The largest absolute Gasteiger partial charge is 0.463 e. The average molecular weight is 286 g/mol. The molecule has 2 aromatic rings. The lowest BCUT2D eigenvalue weighted by Gasteiger charge is -2.14. The third-order valence-corrected chi connectivity index (χ3v) is 3.41. The van der Waals surface area contributed by atoms with Crippen molar-refractivity contribution >= 4 is 11.9 Å². The van der Waals surface area contributed by atoms with Crippen molar-refractivity contribution < 1.29 is 18.8 Å². The van der Waals surface area contributed by atoms with E-state index in [4.69, 9.17) is 9.26 Å². The van der Waals surface area contributed by atoms with Crippen molar-refractivity contribution in [3.63, 3.8) is 0 Å². The van der Waals surface area contributed by atoms with Crippen molar-refractivity contribution in [3.8, 4) is 11.1 Å². The molecule has 1 aromatic carbocycles. The fraction of sp³-hybridized carbons (Fsp3) is 0.267. The standard InChI is InChI=1S/C15H14N2O4/c1-8-13-10-5-3-4-6-11(10)15(19)16-12(7-20-9(2)18)14(13)21-17-8/h3-6,12H,7H2,1-2H3,(H,16,19)/t12-/m0/s1. The zero-order chi connectivity index (χ0) is 15.0. The number of fused-ring (bicyclic) bond motifs is 3. The van der Waals surface area contributed by atoms with E-state index in [9.17, 15) is 9.59 Å². The molecule has 0 bridgehead atoms. The second kappa shape index (κ2) is 5.05. The van der Waals surface area contributed by atoms with Gasteiger partial charge in [0.2, 0.25) is 0 Å². The van der Waals surface area contributed by atoms with Gasteiger partial charge in [-0.25, -0.2) is 0 Å². The van der Waals surface area contributed by atoms with E-state index < -0.39 is 12.0 Å². The Morgan fingerprint density at radius 1 is 1.38 bits per heavy atom. The molecule has 1 N–H and O–H groups in total. The number of nitrogens with one attached hydrogen (secondary N) is 1. The van der Waals surface area contributed by atoms with Crippen molar-refractivity contribution in [3.05, 3.63) is 41.3 Å². The minimum atomic E-state index is -0.551. The van der Waals surface area contributed by atoms with Gasteiger partial charge in [0.1, 0.15) is 12.6 Å². The monoisotopic (exact) mass is 286 g/mol. The van der Waals surface area contributed by atoms with Gasteiger partial charge in [0.25, 0.3) is 5.91 Å². The van der Waals surface area contributed by atoms with Crippen LogP contribution in [-0.2, 0) is 9.53 Å². The van der Waals surface area contributed by atoms with Crippen LogP contribution >= 0.6 is 0 Å². The highest BCUT2D eigenvalue weighted by Crippen LogP contribution is 2.36. The van der Waals surface area contributed by atoms with Crippen LogP contribution in [0.2, 0.25) is 0 Å². The van der Waals surface area contributed by atoms with E-state index in [1.165, 1.54) is 6.92 Å². The highest BCUT2D eigenvalue weighted by molar-refractivity contribution is 6.02. The third-order valence-electron chi connectivity index (χ3n) is 3.41. The highest BCUT2D eigenvalue weighted by Gasteiger charge is 2.32. The van der Waals surface area contributed by atoms with Crippen LogP contribution in [0, 0.1) is 6.92 Å². The molecule has 1 aromatic heterocycles. The number of benzene rings is 1. The van der Waals surface area contributed by atoms with Gasteiger partial charge in [-0.2, -0.15) is 0 Å². The number of aromatic nitrogens is 1. The van der Waals surface area contributed by atoms with Crippen LogP contribution in [0.5, 0.6) is 0 Å². The lowest BCUT2D eigenvalue weighted by atomic mass is 9.98. The highest BCUT2D eigenvalue weighted by atomic mass is 16.5. The molecule has 6 nitrogen and oxygen atoms in total. The van der Waals surface area contributed by atoms with Crippen LogP contribution in [-0.4, -0.2) is 23.6 Å². The van der Waals surface area contributed by atoms with E-state index >= 15 is 0 Å². The zero-order valence-electron chi connectivity index (χ0n) is 11.7. The summed E-state index contributed by atoms with van der Waals surface area (Å²) in [7, 11) is 0. The molecule has 0 aliphatic carbocycles. The molecule has 0 saturated carbocycles. The van der Waals surface area contributed by atoms with E-state index in [0.717, 1.165) is 11.1 Å². The summed E-state index contributed by atoms with van der Waals surface area (Å²) in [4.78, 5) is 23.3. The van der Waals surface area contributed by atoms with Crippen molar-refractivity contribution in [2.75, 3.05) is 6.61 Å². The molecule has 0 radical (unpaired) electrons. The molecule has 0 unspecified atom stereocenters. The van der Waals surface area contributed by atoms with Gasteiger partial charge in [-0.05, 0) is 18.6 Å². The van der Waals surface area contributed by atoms with Gasteiger partial charge < -0.3 is 14.6 Å². The first-order valence-electron chi connectivity index (χ1n) is 6.57. The second-order valence-corrected chi connectivity index (χ2v) is 4.88. The summed E-state index contributed by atoms with van der Waals surface area (Å²) in [6.45, 7) is 3.15. The van der Waals surface area contributed by atoms with E-state index in [0.29, 0.717) is 17.0 Å². The molecule has 1 aliphatic heterocycles. The Labute approximate surface area is 121 Å². The number of rotatable bonds is 2. The Bertz CT molecular complexity index is 720. The molecular weight excluding hydrogens is 272 g/mol. The predicted octanol–water partition coefficient (Wildman–Crippen LogP) is 2.00. The summed E-state index contributed by atoms with van der Waals surface area (Å²) >= 11 is 0. The number of ether oxygens (including phenoxy) is 1. The van der Waals surface area contributed by atoms with Gasteiger partial charge in [-0.1, -0.05) is 23.4 Å². The fourth-order valence-electron chi connectivity index (χ4n) is 2.47. The summed E-state index contributed by atoms with van der Waals surface area (Å²) in [5.41, 5.74) is 2.80. The van der Waals surface area contributed by atoms with E-state index in [1.807, 2.05) is 19.1 Å². The smallest absolute Gasteiger partial charge is 0.302 e. The van der Waals surface area contributed by atoms with Crippen molar-refractivity contribution in [2.45, 2.75) is 19.9 Å². The Hall–Kier alpha value is -2.63. The second-order valence-electron chi connectivity index (χ2n) is 4.88. The maximum Gasteiger partial charge on any atom is 0.302 e. The fourth-order valence-corrected chi connectivity index (χ4v) is 2.47. The molecule has 1 amide bonds. The molecule has 6 heteroatoms. The molecule has 21 heavy (non-hydrogen) atoms. The average Bonchev–Trinajstić information content (AvgIpc) is 2.79.